The lowest BCUT2D eigenvalue weighted by Gasteiger charge is -2.25. The maximum Gasteiger partial charge on any atom is 0.225 e. The van der Waals surface area contributed by atoms with E-state index < -0.39 is 9.84 Å². The molecule has 0 saturated heterocycles. The number of para-hydroxylation sites is 1. The summed E-state index contributed by atoms with van der Waals surface area (Å²) in [7, 11) is -0.698. The van der Waals surface area contributed by atoms with Gasteiger partial charge in [0.05, 0.1) is 24.8 Å². The monoisotopic (exact) mass is 429 g/mol. The van der Waals surface area contributed by atoms with Gasteiger partial charge in [0.15, 0.2) is 0 Å². The Balaban J connectivity index is 1.81. The van der Waals surface area contributed by atoms with Crippen LogP contribution in [0.15, 0.2) is 63.7 Å². The highest BCUT2D eigenvalue weighted by molar-refractivity contribution is 7.91. The van der Waals surface area contributed by atoms with E-state index in [0.29, 0.717) is 17.2 Å². The third kappa shape index (κ3) is 3.38. The van der Waals surface area contributed by atoms with Crippen LogP contribution in [0.5, 0.6) is 11.5 Å². The number of carbonyl (C=O) groups is 1. The predicted molar refractivity (Wildman–Crippen MR) is 111 cm³/mol. The van der Waals surface area contributed by atoms with Crippen LogP contribution in [-0.2, 0) is 14.6 Å². The third-order valence-electron chi connectivity index (χ3n) is 4.93. The number of hydrogen-bond acceptors (Lipinski definition) is 6. The molecule has 2 heterocycles. The van der Waals surface area contributed by atoms with Crippen LogP contribution in [0.4, 0.5) is 5.69 Å². The maximum absolute atomic E-state index is 13.2. The normalized spacial score (nSPS) is 16.1. The second kappa shape index (κ2) is 7.53. The molecule has 1 aromatic heterocycles. The highest BCUT2D eigenvalue weighted by Gasteiger charge is 2.35. The Morgan fingerprint density at radius 3 is 2.45 bits per heavy atom. The molecule has 0 spiro atoms. The summed E-state index contributed by atoms with van der Waals surface area (Å²) >= 11 is 1.33. The first-order chi connectivity index (χ1) is 14.0. The van der Waals surface area contributed by atoms with Gasteiger partial charge in [-0.2, -0.15) is 0 Å². The molecule has 1 N–H and O–H groups in total. The fourth-order valence-electron chi connectivity index (χ4n) is 3.49. The van der Waals surface area contributed by atoms with Crippen LogP contribution in [-0.4, -0.2) is 28.5 Å². The summed E-state index contributed by atoms with van der Waals surface area (Å²) in [5, 5.41) is 4.37. The van der Waals surface area contributed by atoms with Crippen LogP contribution < -0.4 is 14.8 Å². The molecule has 0 fully saturated rings. The maximum atomic E-state index is 13.2. The van der Waals surface area contributed by atoms with Gasteiger partial charge < -0.3 is 14.8 Å². The van der Waals surface area contributed by atoms with Crippen molar-refractivity contribution in [1.29, 1.82) is 0 Å². The van der Waals surface area contributed by atoms with Gasteiger partial charge in [0.1, 0.15) is 16.4 Å². The van der Waals surface area contributed by atoms with Crippen molar-refractivity contribution in [2.24, 2.45) is 0 Å². The molecule has 6 nitrogen and oxygen atoms in total. The summed E-state index contributed by atoms with van der Waals surface area (Å²) < 4.78 is 37.0. The molecule has 4 rings (SSSR count). The first-order valence-electron chi connectivity index (χ1n) is 8.89. The van der Waals surface area contributed by atoms with Gasteiger partial charge in [-0.3, -0.25) is 4.79 Å². The molecule has 0 radical (unpaired) electrons. The molecular formula is C21H19NO5S2. The molecular weight excluding hydrogens is 410 g/mol. The van der Waals surface area contributed by atoms with E-state index in [1.54, 1.807) is 24.6 Å². The number of nitrogens with one attached hydrogen (secondary N) is 1. The van der Waals surface area contributed by atoms with Gasteiger partial charge in [-0.15, -0.1) is 11.3 Å². The number of fused-ring (bicyclic) bond motifs is 1. The minimum atomic E-state index is -3.80. The number of anilines is 1. The van der Waals surface area contributed by atoms with E-state index in [2.05, 4.69) is 5.32 Å². The van der Waals surface area contributed by atoms with Gasteiger partial charge in [-0.1, -0.05) is 18.2 Å². The van der Waals surface area contributed by atoms with Crippen molar-refractivity contribution in [1.82, 2.24) is 0 Å². The number of amides is 1. The van der Waals surface area contributed by atoms with Crippen molar-refractivity contribution in [2.45, 2.75) is 22.1 Å². The molecule has 150 valence electrons. The minimum Gasteiger partial charge on any atom is -0.497 e. The van der Waals surface area contributed by atoms with Crippen molar-refractivity contribution in [2.75, 3.05) is 19.5 Å². The largest absolute Gasteiger partial charge is 0.497 e. The highest BCUT2D eigenvalue weighted by Crippen LogP contribution is 2.47. The number of methoxy groups -OCH3 is 2. The summed E-state index contributed by atoms with van der Waals surface area (Å²) in [5.41, 5.74) is 1.22. The molecule has 0 bridgehead atoms. The lowest BCUT2D eigenvalue weighted by atomic mass is 9.90. The zero-order chi connectivity index (χ0) is 20.6. The second-order valence-corrected chi connectivity index (χ2v) is 9.39. The van der Waals surface area contributed by atoms with E-state index in [4.69, 9.17) is 9.47 Å². The molecule has 0 saturated carbocycles. The standard InChI is InChI=1S/C21H19NO5S2/c1-26-13-7-9-14(10-8-13)29(24,25)18-12-28-21-16(11-19(23)22-20(18)21)15-5-3-4-6-17(15)27-2/h3-10,12,16H,11H2,1-2H3,(H,22,23)/t16-/m0/s1. The molecule has 3 aromatic rings. The Kier molecular flexibility index (Phi) is 5.06. The zero-order valence-electron chi connectivity index (χ0n) is 15.8. The van der Waals surface area contributed by atoms with E-state index in [-0.39, 0.29) is 28.0 Å². The van der Waals surface area contributed by atoms with Crippen LogP contribution in [0, 0.1) is 0 Å². The van der Waals surface area contributed by atoms with E-state index in [1.807, 2.05) is 24.3 Å². The Morgan fingerprint density at radius 2 is 1.76 bits per heavy atom. The lowest BCUT2D eigenvalue weighted by molar-refractivity contribution is -0.116. The summed E-state index contributed by atoms with van der Waals surface area (Å²) in [5.74, 6) is 0.754. The van der Waals surface area contributed by atoms with Gasteiger partial charge in [0.25, 0.3) is 0 Å². The summed E-state index contributed by atoms with van der Waals surface area (Å²) in [6.45, 7) is 0. The van der Waals surface area contributed by atoms with Crippen molar-refractivity contribution in [3.05, 3.63) is 64.4 Å². The van der Waals surface area contributed by atoms with E-state index in [1.165, 1.54) is 30.6 Å². The average molecular weight is 430 g/mol. The van der Waals surface area contributed by atoms with Crippen molar-refractivity contribution >= 4 is 32.8 Å². The van der Waals surface area contributed by atoms with Gasteiger partial charge >= 0.3 is 0 Å². The third-order valence-corrected chi connectivity index (χ3v) is 7.97. The van der Waals surface area contributed by atoms with E-state index in [9.17, 15) is 13.2 Å². The van der Waals surface area contributed by atoms with Crippen LogP contribution in [0.25, 0.3) is 0 Å². The number of hydrogen-bond donors (Lipinski definition) is 1. The van der Waals surface area contributed by atoms with Crippen molar-refractivity contribution in [3.63, 3.8) is 0 Å². The van der Waals surface area contributed by atoms with Crippen LogP contribution in [0.3, 0.4) is 0 Å². The first-order valence-corrected chi connectivity index (χ1v) is 11.2. The fraction of sp³-hybridized carbons (Fsp3) is 0.190. The SMILES string of the molecule is COc1ccc(S(=O)(=O)c2csc3c2NC(=O)C[C@H]3c2ccccc2OC)cc1. The van der Waals surface area contributed by atoms with E-state index in [0.717, 1.165) is 10.4 Å². The number of sulfone groups is 1. The molecule has 1 amide bonds. The van der Waals surface area contributed by atoms with Crippen molar-refractivity contribution in [3.8, 4) is 11.5 Å². The molecule has 2 aromatic carbocycles. The smallest absolute Gasteiger partial charge is 0.225 e. The summed E-state index contributed by atoms with van der Waals surface area (Å²) in [4.78, 5) is 13.5. The van der Waals surface area contributed by atoms with Crippen LogP contribution in [0.1, 0.15) is 22.8 Å². The molecule has 1 aliphatic rings. The average Bonchev–Trinajstić information content (AvgIpc) is 3.17. The molecule has 8 heteroatoms. The topological polar surface area (TPSA) is 81.7 Å². The Morgan fingerprint density at radius 1 is 1.03 bits per heavy atom. The fourth-order valence-corrected chi connectivity index (χ4v) is 6.39. The molecule has 29 heavy (non-hydrogen) atoms. The number of ether oxygens (including phenoxy) is 2. The molecule has 0 unspecified atom stereocenters. The zero-order valence-corrected chi connectivity index (χ0v) is 17.5. The Hall–Kier alpha value is -2.84. The highest BCUT2D eigenvalue weighted by atomic mass is 32.2. The van der Waals surface area contributed by atoms with E-state index >= 15 is 0 Å². The van der Waals surface area contributed by atoms with Gasteiger partial charge in [0, 0.05) is 28.2 Å². The van der Waals surface area contributed by atoms with Gasteiger partial charge in [-0.25, -0.2) is 8.42 Å². The van der Waals surface area contributed by atoms with Crippen LogP contribution >= 0.6 is 11.3 Å². The van der Waals surface area contributed by atoms with Crippen LogP contribution in [0.2, 0.25) is 0 Å². The summed E-state index contributed by atoms with van der Waals surface area (Å²) in [6, 6.07) is 13.7. The second-order valence-electron chi connectivity index (χ2n) is 6.57. The summed E-state index contributed by atoms with van der Waals surface area (Å²) in [6.07, 6.45) is 0.232. The number of rotatable bonds is 5. The first kappa shape index (κ1) is 19.5. The van der Waals surface area contributed by atoms with Gasteiger partial charge in [0.2, 0.25) is 15.7 Å². The quantitative estimate of drug-likeness (QED) is 0.661. The number of thiophene rings is 1. The Labute approximate surface area is 173 Å². The Bertz CT molecular complexity index is 1170. The molecule has 0 aliphatic carbocycles. The minimum absolute atomic E-state index is 0.107. The molecule has 1 atom stereocenters. The number of benzene rings is 2. The predicted octanol–water partition coefficient (Wildman–Crippen LogP) is 4.07. The molecule has 1 aliphatic heterocycles. The number of carbonyl (C=O) groups excluding carboxylic acids is 1. The van der Waals surface area contributed by atoms with Crippen molar-refractivity contribution < 1.29 is 22.7 Å². The van der Waals surface area contributed by atoms with Gasteiger partial charge in [-0.05, 0) is 30.3 Å². The lowest BCUT2D eigenvalue weighted by Crippen LogP contribution is -2.23.